The van der Waals surface area contributed by atoms with E-state index in [0.717, 1.165) is 24.5 Å². The minimum absolute atomic E-state index is 0.0558. The highest BCUT2D eigenvalue weighted by atomic mass is 32.2. The molecule has 170 valence electrons. The van der Waals surface area contributed by atoms with Gasteiger partial charge < -0.3 is 10.1 Å². The van der Waals surface area contributed by atoms with Gasteiger partial charge in [-0.1, -0.05) is 5.10 Å². The first-order chi connectivity index (χ1) is 15.2. The molecule has 3 aromatic rings. The number of primary sulfonamides is 1. The molecular formula is C20H24FN7O3S. The Morgan fingerprint density at radius 3 is 2.62 bits per heavy atom. The number of nitrogens with two attached hydrogens (primary N) is 1. The number of halogens is 1. The van der Waals surface area contributed by atoms with Gasteiger partial charge in [0.2, 0.25) is 16.0 Å². The van der Waals surface area contributed by atoms with Crippen LogP contribution >= 0.6 is 0 Å². The predicted octanol–water partition coefficient (Wildman–Crippen LogP) is 2.75. The van der Waals surface area contributed by atoms with E-state index in [1.165, 1.54) is 12.1 Å². The maximum atomic E-state index is 14.2. The Bertz CT molecular complexity index is 1190. The van der Waals surface area contributed by atoms with Gasteiger partial charge in [-0.05, 0) is 62.3 Å². The third-order valence-electron chi connectivity index (χ3n) is 5.44. The van der Waals surface area contributed by atoms with E-state index in [1.807, 2.05) is 18.4 Å². The largest absolute Gasteiger partial charge is 0.463 e. The van der Waals surface area contributed by atoms with Gasteiger partial charge in [0.25, 0.3) is 0 Å². The molecular weight excluding hydrogens is 437 g/mol. The second-order valence-electron chi connectivity index (χ2n) is 8.11. The first-order valence-corrected chi connectivity index (χ1v) is 11.7. The monoisotopic (exact) mass is 461 g/mol. The van der Waals surface area contributed by atoms with E-state index in [2.05, 4.69) is 25.5 Å². The van der Waals surface area contributed by atoms with E-state index >= 15 is 0 Å². The summed E-state index contributed by atoms with van der Waals surface area (Å²) in [5.41, 5.74) is 1.06. The molecule has 4 rings (SSSR count). The number of nitrogens with one attached hydrogen (secondary N) is 1. The lowest BCUT2D eigenvalue weighted by molar-refractivity contribution is 0.143. The van der Waals surface area contributed by atoms with Gasteiger partial charge in [0, 0.05) is 18.4 Å². The lowest BCUT2D eigenvalue weighted by atomic mass is 9.72. The molecule has 1 saturated carbocycles. The molecule has 1 aliphatic rings. The summed E-state index contributed by atoms with van der Waals surface area (Å²) in [4.78, 5) is 8.19. The molecule has 2 heterocycles. The van der Waals surface area contributed by atoms with Crippen LogP contribution in [0.2, 0.25) is 0 Å². The van der Waals surface area contributed by atoms with Crippen LogP contribution in [0, 0.1) is 11.7 Å². The highest BCUT2D eigenvalue weighted by Gasteiger charge is 2.31. The van der Waals surface area contributed by atoms with Crippen LogP contribution in [0.4, 0.5) is 16.0 Å². The summed E-state index contributed by atoms with van der Waals surface area (Å²) in [6.07, 6.45) is 6.99. The van der Waals surface area contributed by atoms with Crippen LogP contribution in [0.3, 0.4) is 0 Å². The van der Waals surface area contributed by atoms with Gasteiger partial charge >= 0.3 is 6.01 Å². The van der Waals surface area contributed by atoms with Crippen LogP contribution in [0.5, 0.6) is 6.01 Å². The van der Waals surface area contributed by atoms with E-state index in [0.29, 0.717) is 24.5 Å². The summed E-state index contributed by atoms with van der Waals surface area (Å²) in [6, 6.07) is 4.12. The summed E-state index contributed by atoms with van der Waals surface area (Å²) < 4.78 is 44.5. The first-order valence-electron chi connectivity index (χ1n) is 10.1. The molecule has 12 heteroatoms. The van der Waals surface area contributed by atoms with Crippen LogP contribution in [0.25, 0.3) is 0 Å². The Morgan fingerprint density at radius 1 is 1.28 bits per heavy atom. The molecule has 0 aliphatic heterocycles. The highest BCUT2D eigenvalue weighted by molar-refractivity contribution is 7.89. The van der Waals surface area contributed by atoms with Crippen molar-refractivity contribution in [1.29, 1.82) is 0 Å². The standard InChI is InChI=1S/C20H24FN7O3S/c1-12(2)28-11-25-27-20(28)31-10-13-5-14(6-13)15-8-23-19(24-9-15)26-18-4-3-16(7-17(18)21)32(22,29)30/h3-4,7-9,11-14H,5-6,10H2,1-2H3,(H2,22,29,30)(H,23,24,26). The van der Waals surface area contributed by atoms with Crippen LogP contribution in [-0.4, -0.2) is 39.8 Å². The molecule has 32 heavy (non-hydrogen) atoms. The van der Waals surface area contributed by atoms with Crippen molar-refractivity contribution in [2.75, 3.05) is 11.9 Å². The Hall–Kier alpha value is -3.12. The molecule has 1 aromatic carbocycles. The fourth-order valence-corrected chi connectivity index (χ4v) is 4.06. The smallest absolute Gasteiger partial charge is 0.316 e. The molecule has 0 saturated heterocycles. The summed E-state index contributed by atoms with van der Waals surface area (Å²) in [7, 11) is -3.97. The van der Waals surface area contributed by atoms with E-state index < -0.39 is 15.8 Å². The Morgan fingerprint density at radius 2 is 2.00 bits per heavy atom. The van der Waals surface area contributed by atoms with Crippen molar-refractivity contribution >= 4 is 21.7 Å². The second-order valence-corrected chi connectivity index (χ2v) is 9.67. The zero-order chi connectivity index (χ0) is 22.9. The van der Waals surface area contributed by atoms with Crippen LogP contribution < -0.4 is 15.2 Å². The minimum atomic E-state index is -3.97. The summed E-state index contributed by atoms with van der Waals surface area (Å²) in [5.74, 6) is 0.204. The summed E-state index contributed by atoms with van der Waals surface area (Å²) >= 11 is 0. The molecule has 3 N–H and O–H groups in total. The van der Waals surface area contributed by atoms with Gasteiger partial charge in [-0.25, -0.2) is 27.9 Å². The van der Waals surface area contributed by atoms with Crippen LogP contribution in [-0.2, 0) is 10.0 Å². The van der Waals surface area contributed by atoms with E-state index in [-0.39, 0.29) is 22.6 Å². The Balaban J connectivity index is 1.30. The number of hydrogen-bond donors (Lipinski definition) is 2. The molecule has 0 bridgehead atoms. The lowest BCUT2D eigenvalue weighted by Crippen LogP contribution is -2.28. The summed E-state index contributed by atoms with van der Waals surface area (Å²) in [6.45, 7) is 4.67. The zero-order valence-corrected chi connectivity index (χ0v) is 18.5. The normalized spacial score (nSPS) is 18.4. The SMILES string of the molecule is CC(C)n1cnnc1OCC1CC(c2cnc(Nc3ccc(S(N)(=O)=O)cc3F)nc2)C1. The van der Waals surface area contributed by atoms with Gasteiger partial charge in [0.1, 0.15) is 12.1 Å². The molecule has 1 aliphatic carbocycles. The maximum absolute atomic E-state index is 14.2. The summed E-state index contributed by atoms with van der Waals surface area (Å²) in [5, 5.41) is 15.7. The average molecular weight is 462 g/mol. The number of ether oxygens (including phenoxy) is 1. The van der Waals surface area contributed by atoms with Crippen molar-refractivity contribution in [2.45, 2.75) is 43.5 Å². The number of anilines is 2. The number of rotatable bonds is 8. The maximum Gasteiger partial charge on any atom is 0.316 e. The molecule has 2 aromatic heterocycles. The van der Waals surface area contributed by atoms with Gasteiger partial charge in [0.15, 0.2) is 0 Å². The molecule has 10 nitrogen and oxygen atoms in total. The Kier molecular flexibility index (Phi) is 6.07. The minimum Gasteiger partial charge on any atom is -0.463 e. The van der Waals surface area contributed by atoms with Crippen molar-refractivity contribution in [3.63, 3.8) is 0 Å². The molecule has 1 fully saturated rings. The van der Waals surface area contributed by atoms with Crippen molar-refractivity contribution in [1.82, 2.24) is 24.7 Å². The fraction of sp³-hybridized carbons (Fsp3) is 0.400. The fourth-order valence-electron chi connectivity index (χ4n) is 3.53. The second kappa shape index (κ2) is 8.79. The van der Waals surface area contributed by atoms with Crippen molar-refractivity contribution in [3.8, 4) is 6.01 Å². The van der Waals surface area contributed by atoms with E-state index in [9.17, 15) is 12.8 Å². The molecule has 0 radical (unpaired) electrons. The quantitative estimate of drug-likeness (QED) is 0.522. The number of aromatic nitrogens is 5. The molecule has 0 atom stereocenters. The van der Waals surface area contributed by atoms with Crippen molar-refractivity contribution in [3.05, 3.63) is 48.3 Å². The van der Waals surface area contributed by atoms with E-state index in [1.54, 1.807) is 18.7 Å². The van der Waals surface area contributed by atoms with Crippen molar-refractivity contribution < 1.29 is 17.5 Å². The van der Waals surface area contributed by atoms with Gasteiger partial charge in [0.05, 0.1) is 17.2 Å². The van der Waals surface area contributed by atoms with E-state index in [4.69, 9.17) is 9.88 Å². The number of sulfonamides is 1. The number of benzene rings is 1. The van der Waals surface area contributed by atoms with Crippen molar-refractivity contribution in [2.24, 2.45) is 11.1 Å². The lowest BCUT2D eigenvalue weighted by Gasteiger charge is -2.34. The van der Waals surface area contributed by atoms with Crippen LogP contribution in [0.1, 0.15) is 44.2 Å². The van der Waals surface area contributed by atoms with Gasteiger partial charge in [-0.15, -0.1) is 5.10 Å². The Labute approximate surface area is 185 Å². The third kappa shape index (κ3) is 4.86. The topological polar surface area (TPSA) is 138 Å². The number of nitrogens with zero attached hydrogens (tertiary/aromatic N) is 5. The molecule has 0 amide bonds. The molecule has 0 spiro atoms. The average Bonchev–Trinajstić information content (AvgIpc) is 3.17. The molecule has 0 unspecified atom stereocenters. The highest BCUT2D eigenvalue weighted by Crippen LogP contribution is 2.41. The predicted molar refractivity (Wildman–Crippen MR) is 114 cm³/mol. The third-order valence-corrected chi connectivity index (χ3v) is 6.35. The van der Waals surface area contributed by atoms with Crippen LogP contribution in [0.15, 0.2) is 41.8 Å². The number of hydrogen-bond acceptors (Lipinski definition) is 8. The van der Waals surface area contributed by atoms with Gasteiger partial charge in [-0.2, -0.15) is 0 Å². The zero-order valence-electron chi connectivity index (χ0n) is 17.6. The van der Waals surface area contributed by atoms with Gasteiger partial charge in [-0.3, -0.25) is 4.57 Å². The first kappa shape index (κ1) is 22.1.